The minimum absolute atomic E-state index is 0.149. The third-order valence-electron chi connectivity index (χ3n) is 3.87. The van der Waals surface area contributed by atoms with Crippen LogP contribution < -0.4 is 16.4 Å². The summed E-state index contributed by atoms with van der Waals surface area (Å²) in [5, 5.41) is 5.58. The standard InChI is InChI=1S/C16H23N3O2/c17-16(21)19-14(11-12-7-3-1-4-8-12)15(20)18-13-9-5-2-6-10-13/h1,3-4,7-8,13-14H,2,5-6,9-11H2,(H,18,20)(H3,17,19,21). The fraction of sp³-hybridized carbons (Fsp3) is 0.500. The first kappa shape index (κ1) is 15.4. The molecule has 0 radical (unpaired) electrons. The molecule has 1 aliphatic carbocycles. The molecule has 21 heavy (non-hydrogen) atoms. The van der Waals surface area contributed by atoms with Crippen LogP contribution >= 0.6 is 0 Å². The summed E-state index contributed by atoms with van der Waals surface area (Å²) < 4.78 is 0. The molecule has 0 spiro atoms. The van der Waals surface area contributed by atoms with E-state index in [4.69, 9.17) is 5.73 Å². The van der Waals surface area contributed by atoms with Crippen LogP contribution in [0.1, 0.15) is 37.7 Å². The van der Waals surface area contributed by atoms with Crippen molar-refractivity contribution < 1.29 is 9.59 Å². The van der Waals surface area contributed by atoms with E-state index in [0.29, 0.717) is 6.42 Å². The van der Waals surface area contributed by atoms with Crippen LogP contribution in [0.2, 0.25) is 0 Å². The van der Waals surface area contributed by atoms with Gasteiger partial charge in [0.2, 0.25) is 5.91 Å². The van der Waals surface area contributed by atoms with Crippen molar-refractivity contribution in [2.45, 2.75) is 50.6 Å². The zero-order valence-electron chi connectivity index (χ0n) is 12.2. The van der Waals surface area contributed by atoms with Crippen molar-refractivity contribution in [3.63, 3.8) is 0 Å². The van der Waals surface area contributed by atoms with E-state index in [1.165, 1.54) is 6.42 Å². The molecule has 0 heterocycles. The topological polar surface area (TPSA) is 84.2 Å². The molecule has 114 valence electrons. The van der Waals surface area contributed by atoms with E-state index in [2.05, 4.69) is 10.6 Å². The number of rotatable bonds is 5. The zero-order chi connectivity index (χ0) is 15.1. The first-order chi connectivity index (χ1) is 10.1. The average molecular weight is 289 g/mol. The fourth-order valence-electron chi connectivity index (χ4n) is 2.78. The zero-order valence-corrected chi connectivity index (χ0v) is 12.2. The Morgan fingerprint density at radius 2 is 1.81 bits per heavy atom. The highest BCUT2D eigenvalue weighted by molar-refractivity contribution is 5.87. The number of nitrogens with one attached hydrogen (secondary N) is 2. The largest absolute Gasteiger partial charge is 0.352 e. The minimum Gasteiger partial charge on any atom is -0.352 e. The number of benzene rings is 1. The number of amides is 3. The maximum absolute atomic E-state index is 12.4. The van der Waals surface area contributed by atoms with E-state index in [0.717, 1.165) is 31.2 Å². The Morgan fingerprint density at radius 3 is 2.43 bits per heavy atom. The van der Waals surface area contributed by atoms with Gasteiger partial charge in [-0.3, -0.25) is 4.79 Å². The molecule has 5 heteroatoms. The van der Waals surface area contributed by atoms with E-state index in [-0.39, 0.29) is 11.9 Å². The smallest absolute Gasteiger partial charge is 0.312 e. The van der Waals surface area contributed by atoms with Gasteiger partial charge in [-0.05, 0) is 18.4 Å². The quantitative estimate of drug-likeness (QED) is 0.771. The first-order valence-corrected chi connectivity index (χ1v) is 7.55. The molecule has 1 aromatic carbocycles. The van der Waals surface area contributed by atoms with Crippen LogP contribution in [0.15, 0.2) is 30.3 Å². The molecule has 0 bridgehead atoms. The Balaban J connectivity index is 1.97. The number of hydrogen-bond donors (Lipinski definition) is 3. The summed E-state index contributed by atoms with van der Waals surface area (Å²) in [4.78, 5) is 23.5. The van der Waals surface area contributed by atoms with Gasteiger partial charge in [-0.2, -0.15) is 0 Å². The lowest BCUT2D eigenvalue weighted by atomic mass is 9.95. The molecule has 0 aromatic heterocycles. The van der Waals surface area contributed by atoms with Crippen LogP contribution in [-0.2, 0) is 11.2 Å². The number of urea groups is 1. The molecule has 1 aliphatic rings. The SMILES string of the molecule is NC(=O)NC(Cc1ccccc1)C(=O)NC1CCCCC1. The molecule has 3 amide bonds. The lowest BCUT2D eigenvalue weighted by molar-refractivity contribution is -0.123. The molecule has 0 saturated heterocycles. The molecule has 0 aliphatic heterocycles. The number of carbonyl (C=O) groups is 2. The first-order valence-electron chi connectivity index (χ1n) is 7.55. The van der Waals surface area contributed by atoms with E-state index in [1.54, 1.807) is 0 Å². The Morgan fingerprint density at radius 1 is 1.14 bits per heavy atom. The van der Waals surface area contributed by atoms with Crippen molar-refractivity contribution in [2.24, 2.45) is 5.73 Å². The molecule has 2 rings (SSSR count). The molecule has 4 N–H and O–H groups in total. The van der Waals surface area contributed by atoms with Crippen LogP contribution in [0.4, 0.5) is 4.79 Å². The number of carbonyl (C=O) groups excluding carboxylic acids is 2. The summed E-state index contributed by atoms with van der Waals surface area (Å²) in [6, 6.07) is 8.54. The van der Waals surface area contributed by atoms with Crippen LogP contribution in [0.5, 0.6) is 0 Å². The molecule has 1 fully saturated rings. The van der Waals surface area contributed by atoms with E-state index >= 15 is 0 Å². The molecular formula is C16H23N3O2. The Bertz CT molecular complexity index is 470. The van der Waals surface area contributed by atoms with Crippen molar-refractivity contribution >= 4 is 11.9 Å². The maximum atomic E-state index is 12.4. The van der Waals surface area contributed by atoms with Gasteiger partial charge in [-0.1, -0.05) is 49.6 Å². The highest BCUT2D eigenvalue weighted by Gasteiger charge is 2.23. The summed E-state index contributed by atoms with van der Waals surface area (Å²) in [7, 11) is 0. The third-order valence-corrected chi connectivity index (χ3v) is 3.87. The predicted octanol–water partition coefficient (Wildman–Crippen LogP) is 1.71. The van der Waals surface area contributed by atoms with Gasteiger partial charge < -0.3 is 16.4 Å². The Kier molecular flexibility index (Phi) is 5.60. The van der Waals surface area contributed by atoms with Gasteiger partial charge in [0.05, 0.1) is 0 Å². The van der Waals surface area contributed by atoms with Gasteiger partial charge in [-0.15, -0.1) is 0 Å². The second-order valence-corrected chi connectivity index (χ2v) is 5.59. The minimum atomic E-state index is -0.672. The van der Waals surface area contributed by atoms with Crippen LogP contribution in [-0.4, -0.2) is 24.0 Å². The van der Waals surface area contributed by atoms with Crippen molar-refractivity contribution in [3.8, 4) is 0 Å². The van der Waals surface area contributed by atoms with E-state index in [1.807, 2.05) is 30.3 Å². The summed E-state index contributed by atoms with van der Waals surface area (Å²) >= 11 is 0. The summed E-state index contributed by atoms with van der Waals surface area (Å²) in [5.74, 6) is -0.149. The number of primary amides is 1. The molecular weight excluding hydrogens is 266 g/mol. The Hall–Kier alpha value is -2.04. The third kappa shape index (κ3) is 5.10. The van der Waals surface area contributed by atoms with Gasteiger partial charge in [0, 0.05) is 12.5 Å². The van der Waals surface area contributed by atoms with Gasteiger partial charge in [0.15, 0.2) is 0 Å². The highest BCUT2D eigenvalue weighted by Crippen LogP contribution is 2.17. The van der Waals surface area contributed by atoms with Gasteiger partial charge in [0.25, 0.3) is 0 Å². The highest BCUT2D eigenvalue weighted by atomic mass is 16.2. The van der Waals surface area contributed by atoms with Crippen LogP contribution in [0.25, 0.3) is 0 Å². The fourth-order valence-corrected chi connectivity index (χ4v) is 2.78. The van der Waals surface area contributed by atoms with Crippen LogP contribution in [0.3, 0.4) is 0 Å². The summed E-state index contributed by atoms with van der Waals surface area (Å²) in [6.07, 6.45) is 6.01. The van der Waals surface area contributed by atoms with E-state index in [9.17, 15) is 9.59 Å². The van der Waals surface area contributed by atoms with Crippen molar-refractivity contribution in [1.82, 2.24) is 10.6 Å². The summed E-state index contributed by atoms with van der Waals surface area (Å²) in [5.41, 5.74) is 6.18. The maximum Gasteiger partial charge on any atom is 0.312 e. The monoisotopic (exact) mass is 289 g/mol. The molecule has 1 aromatic rings. The van der Waals surface area contributed by atoms with Gasteiger partial charge in [0.1, 0.15) is 6.04 Å². The van der Waals surface area contributed by atoms with E-state index < -0.39 is 12.1 Å². The second-order valence-electron chi connectivity index (χ2n) is 5.59. The lowest BCUT2D eigenvalue weighted by Crippen LogP contribution is -2.52. The molecule has 1 atom stereocenters. The Labute approximate surface area is 125 Å². The molecule has 5 nitrogen and oxygen atoms in total. The average Bonchev–Trinajstić information content (AvgIpc) is 2.48. The molecule has 1 saturated carbocycles. The van der Waals surface area contributed by atoms with Gasteiger partial charge >= 0.3 is 6.03 Å². The second kappa shape index (κ2) is 7.67. The lowest BCUT2D eigenvalue weighted by Gasteiger charge is -2.25. The number of hydrogen-bond acceptors (Lipinski definition) is 2. The normalized spacial score (nSPS) is 17.0. The van der Waals surface area contributed by atoms with Crippen LogP contribution in [0, 0.1) is 0 Å². The molecule has 1 unspecified atom stereocenters. The summed E-state index contributed by atoms with van der Waals surface area (Å²) in [6.45, 7) is 0. The van der Waals surface area contributed by atoms with Crippen molar-refractivity contribution in [2.75, 3.05) is 0 Å². The predicted molar refractivity (Wildman–Crippen MR) is 81.7 cm³/mol. The van der Waals surface area contributed by atoms with Gasteiger partial charge in [-0.25, -0.2) is 4.79 Å². The number of nitrogens with two attached hydrogens (primary N) is 1. The van der Waals surface area contributed by atoms with Crippen molar-refractivity contribution in [1.29, 1.82) is 0 Å². The van der Waals surface area contributed by atoms with Crippen molar-refractivity contribution in [3.05, 3.63) is 35.9 Å².